The molecule has 7 heteroatoms. The van der Waals surface area contributed by atoms with Gasteiger partial charge in [0.1, 0.15) is 11.5 Å². The summed E-state index contributed by atoms with van der Waals surface area (Å²) in [6.45, 7) is 3.59. The van der Waals surface area contributed by atoms with E-state index in [-0.39, 0.29) is 11.9 Å². The molecule has 0 aliphatic rings. The molecule has 0 atom stereocenters. The topological polar surface area (TPSA) is 93.6 Å². The van der Waals surface area contributed by atoms with Crippen LogP contribution in [0.3, 0.4) is 0 Å². The smallest absolute Gasteiger partial charge is 0.259 e. The van der Waals surface area contributed by atoms with Crippen molar-refractivity contribution in [1.82, 2.24) is 24.9 Å². The molecule has 114 valence electrons. The maximum absolute atomic E-state index is 12.2. The van der Waals surface area contributed by atoms with Gasteiger partial charge in [-0.25, -0.2) is 4.98 Å². The Bertz CT molecular complexity index is 833. The van der Waals surface area contributed by atoms with Crippen LogP contribution in [0.2, 0.25) is 0 Å². The van der Waals surface area contributed by atoms with Crippen LogP contribution in [0.15, 0.2) is 42.7 Å². The average molecular weight is 306 g/mol. The molecule has 0 fully saturated rings. The van der Waals surface area contributed by atoms with Gasteiger partial charge in [-0.05, 0) is 38.1 Å². The third-order valence-corrected chi connectivity index (χ3v) is 3.04. The van der Waals surface area contributed by atoms with Crippen LogP contribution in [0, 0.1) is 13.8 Å². The van der Waals surface area contributed by atoms with Gasteiger partial charge in [0.15, 0.2) is 5.82 Å². The standard InChI is InChI=1S/C16H14N6O/c1-10-6-7-12(9-18-10)15(23)22-16-20-11(2)19-14(21-16)13-5-3-4-8-17-13/h3-9H,1-2H3,(H,19,20,21,22,23). The van der Waals surface area contributed by atoms with E-state index in [4.69, 9.17) is 0 Å². The van der Waals surface area contributed by atoms with Gasteiger partial charge in [0, 0.05) is 18.1 Å². The number of amides is 1. The monoisotopic (exact) mass is 306 g/mol. The molecular formula is C16H14N6O. The van der Waals surface area contributed by atoms with Crippen molar-refractivity contribution in [1.29, 1.82) is 0 Å². The number of aryl methyl sites for hydroxylation is 2. The highest BCUT2D eigenvalue weighted by Crippen LogP contribution is 2.13. The van der Waals surface area contributed by atoms with E-state index in [2.05, 4.69) is 30.2 Å². The lowest BCUT2D eigenvalue weighted by Crippen LogP contribution is -2.16. The Labute approximate surface area is 132 Å². The number of rotatable bonds is 3. The van der Waals surface area contributed by atoms with E-state index in [9.17, 15) is 4.79 Å². The van der Waals surface area contributed by atoms with Gasteiger partial charge in [0.05, 0.1) is 5.56 Å². The van der Waals surface area contributed by atoms with Crippen molar-refractivity contribution in [3.05, 3.63) is 59.8 Å². The average Bonchev–Trinajstić information content (AvgIpc) is 2.55. The Morgan fingerprint density at radius 2 is 1.87 bits per heavy atom. The Kier molecular flexibility index (Phi) is 4.01. The summed E-state index contributed by atoms with van der Waals surface area (Å²) in [6.07, 6.45) is 3.17. The van der Waals surface area contributed by atoms with Gasteiger partial charge < -0.3 is 0 Å². The number of hydrogen-bond donors (Lipinski definition) is 1. The maximum atomic E-state index is 12.2. The number of carbonyl (C=O) groups is 1. The third kappa shape index (κ3) is 3.52. The molecule has 3 aromatic rings. The molecule has 0 unspecified atom stereocenters. The lowest BCUT2D eigenvalue weighted by molar-refractivity contribution is 0.102. The quantitative estimate of drug-likeness (QED) is 0.797. The summed E-state index contributed by atoms with van der Waals surface area (Å²) in [5, 5.41) is 2.66. The van der Waals surface area contributed by atoms with E-state index in [1.807, 2.05) is 19.1 Å². The fourth-order valence-corrected chi connectivity index (χ4v) is 1.92. The molecule has 7 nitrogen and oxygen atoms in total. The number of carbonyl (C=O) groups excluding carboxylic acids is 1. The van der Waals surface area contributed by atoms with Gasteiger partial charge in [0.2, 0.25) is 5.95 Å². The highest BCUT2D eigenvalue weighted by molar-refractivity contribution is 6.03. The molecule has 0 bridgehead atoms. The number of nitrogens with one attached hydrogen (secondary N) is 1. The van der Waals surface area contributed by atoms with E-state index < -0.39 is 0 Å². The fraction of sp³-hybridized carbons (Fsp3) is 0.125. The Hall–Kier alpha value is -3.22. The predicted octanol–water partition coefficient (Wildman–Crippen LogP) is 2.20. The molecule has 3 rings (SSSR count). The van der Waals surface area contributed by atoms with E-state index in [1.54, 1.807) is 31.3 Å². The summed E-state index contributed by atoms with van der Waals surface area (Å²) < 4.78 is 0. The summed E-state index contributed by atoms with van der Waals surface area (Å²) in [5.41, 5.74) is 1.90. The van der Waals surface area contributed by atoms with Crippen molar-refractivity contribution in [2.45, 2.75) is 13.8 Å². The first-order chi connectivity index (χ1) is 11.1. The number of hydrogen-bond acceptors (Lipinski definition) is 6. The van der Waals surface area contributed by atoms with E-state index >= 15 is 0 Å². The molecule has 0 aliphatic heterocycles. The molecule has 1 N–H and O–H groups in total. The molecular weight excluding hydrogens is 292 g/mol. The van der Waals surface area contributed by atoms with Crippen LogP contribution < -0.4 is 5.32 Å². The van der Waals surface area contributed by atoms with Crippen LogP contribution in [0.5, 0.6) is 0 Å². The normalized spacial score (nSPS) is 10.3. The summed E-state index contributed by atoms with van der Waals surface area (Å²) in [5.74, 6) is 0.771. The minimum Gasteiger partial charge on any atom is -0.290 e. The molecule has 23 heavy (non-hydrogen) atoms. The molecule has 3 heterocycles. The first-order valence-corrected chi connectivity index (χ1v) is 7.00. The third-order valence-electron chi connectivity index (χ3n) is 3.04. The molecule has 0 aliphatic carbocycles. The number of pyridine rings is 2. The molecule has 3 aromatic heterocycles. The second kappa shape index (κ2) is 6.27. The fourth-order valence-electron chi connectivity index (χ4n) is 1.92. The minimum atomic E-state index is -0.324. The summed E-state index contributed by atoms with van der Waals surface area (Å²) >= 11 is 0. The van der Waals surface area contributed by atoms with Crippen molar-refractivity contribution < 1.29 is 4.79 Å². The number of aromatic nitrogens is 5. The van der Waals surface area contributed by atoms with E-state index in [1.165, 1.54) is 6.20 Å². The first kappa shape index (κ1) is 14.7. The second-order valence-corrected chi connectivity index (χ2v) is 4.89. The molecule has 0 aromatic carbocycles. The van der Waals surface area contributed by atoms with Crippen LogP contribution >= 0.6 is 0 Å². The Morgan fingerprint density at radius 1 is 1.00 bits per heavy atom. The van der Waals surface area contributed by atoms with Gasteiger partial charge in [0.25, 0.3) is 5.91 Å². The lowest BCUT2D eigenvalue weighted by atomic mass is 10.2. The van der Waals surface area contributed by atoms with E-state index in [0.29, 0.717) is 22.9 Å². The van der Waals surface area contributed by atoms with Crippen molar-refractivity contribution in [3.63, 3.8) is 0 Å². The minimum absolute atomic E-state index is 0.184. The highest BCUT2D eigenvalue weighted by atomic mass is 16.1. The van der Waals surface area contributed by atoms with Crippen LogP contribution in [0.1, 0.15) is 21.9 Å². The predicted molar refractivity (Wildman–Crippen MR) is 84.7 cm³/mol. The van der Waals surface area contributed by atoms with Crippen LogP contribution in [-0.4, -0.2) is 30.8 Å². The Morgan fingerprint density at radius 3 is 2.57 bits per heavy atom. The van der Waals surface area contributed by atoms with Crippen molar-refractivity contribution in [2.24, 2.45) is 0 Å². The summed E-state index contributed by atoms with van der Waals surface area (Å²) in [6, 6.07) is 8.92. The van der Waals surface area contributed by atoms with Crippen LogP contribution in [0.4, 0.5) is 5.95 Å². The number of nitrogens with zero attached hydrogens (tertiary/aromatic N) is 5. The van der Waals surface area contributed by atoms with Crippen molar-refractivity contribution in [2.75, 3.05) is 5.32 Å². The molecule has 0 spiro atoms. The van der Waals surface area contributed by atoms with Crippen molar-refractivity contribution in [3.8, 4) is 11.5 Å². The zero-order valence-electron chi connectivity index (χ0n) is 12.7. The van der Waals surface area contributed by atoms with Gasteiger partial charge in [-0.3, -0.25) is 20.1 Å². The van der Waals surface area contributed by atoms with Crippen molar-refractivity contribution >= 4 is 11.9 Å². The zero-order chi connectivity index (χ0) is 16.2. The van der Waals surface area contributed by atoms with E-state index in [0.717, 1.165) is 5.69 Å². The molecule has 0 saturated carbocycles. The Balaban J connectivity index is 1.87. The maximum Gasteiger partial charge on any atom is 0.259 e. The molecule has 1 amide bonds. The first-order valence-electron chi connectivity index (χ1n) is 7.00. The highest BCUT2D eigenvalue weighted by Gasteiger charge is 2.11. The van der Waals surface area contributed by atoms with Crippen LogP contribution in [0.25, 0.3) is 11.5 Å². The van der Waals surface area contributed by atoms with Gasteiger partial charge in [-0.15, -0.1) is 0 Å². The second-order valence-electron chi connectivity index (χ2n) is 4.89. The molecule has 0 saturated heterocycles. The number of anilines is 1. The van der Waals surface area contributed by atoms with Gasteiger partial charge >= 0.3 is 0 Å². The SMILES string of the molecule is Cc1ccc(C(=O)Nc2nc(C)nc(-c3ccccn3)n2)cn1. The zero-order valence-corrected chi connectivity index (χ0v) is 12.7. The van der Waals surface area contributed by atoms with Gasteiger partial charge in [-0.1, -0.05) is 6.07 Å². The molecule has 0 radical (unpaired) electrons. The van der Waals surface area contributed by atoms with Crippen LogP contribution in [-0.2, 0) is 0 Å². The van der Waals surface area contributed by atoms with Gasteiger partial charge in [-0.2, -0.15) is 9.97 Å². The summed E-state index contributed by atoms with van der Waals surface area (Å²) in [7, 11) is 0. The largest absolute Gasteiger partial charge is 0.290 e. The summed E-state index contributed by atoms with van der Waals surface area (Å²) in [4.78, 5) is 33.2. The lowest BCUT2D eigenvalue weighted by Gasteiger charge is -2.06.